The molecule has 0 unspecified atom stereocenters. The second kappa shape index (κ2) is 9.07. The van der Waals surface area contributed by atoms with Crippen molar-refractivity contribution in [1.29, 1.82) is 0 Å². The van der Waals surface area contributed by atoms with Gasteiger partial charge in [-0.3, -0.25) is 14.6 Å². The molecule has 5 nitrogen and oxygen atoms in total. The summed E-state index contributed by atoms with van der Waals surface area (Å²) < 4.78 is 4.90. The van der Waals surface area contributed by atoms with Gasteiger partial charge in [-0.25, -0.2) is 0 Å². The second-order valence-electron chi connectivity index (χ2n) is 4.44. The van der Waals surface area contributed by atoms with Gasteiger partial charge >= 0.3 is 5.97 Å². The minimum atomic E-state index is -0.267. The molecule has 0 aromatic carbocycles. The van der Waals surface area contributed by atoms with Crippen LogP contribution in [0.3, 0.4) is 0 Å². The number of nitrogens with zero attached hydrogens (tertiary/aromatic N) is 2. The maximum atomic E-state index is 12.4. The monoisotopic (exact) mass is 278 g/mol. The van der Waals surface area contributed by atoms with Gasteiger partial charge in [0.1, 0.15) is 0 Å². The Hall–Kier alpha value is -1.91. The molecule has 1 aromatic heterocycles. The first-order valence-corrected chi connectivity index (χ1v) is 7.04. The Bertz CT molecular complexity index is 420. The van der Waals surface area contributed by atoms with Crippen LogP contribution in [0, 0.1) is 0 Å². The Morgan fingerprint density at radius 1 is 1.20 bits per heavy atom. The topological polar surface area (TPSA) is 59.5 Å². The van der Waals surface area contributed by atoms with Crippen molar-refractivity contribution in [2.24, 2.45) is 0 Å². The minimum absolute atomic E-state index is 0.0647. The zero-order valence-electron chi connectivity index (χ0n) is 12.2. The van der Waals surface area contributed by atoms with Crippen LogP contribution in [-0.4, -0.2) is 41.5 Å². The molecule has 0 atom stereocenters. The highest BCUT2D eigenvalue weighted by Gasteiger charge is 2.16. The molecule has 0 aliphatic heterocycles. The maximum Gasteiger partial charge on any atom is 0.307 e. The predicted octanol–water partition coefficient (Wildman–Crippen LogP) is 2.28. The molecule has 1 rings (SSSR count). The first kappa shape index (κ1) is 16.1. The van der Waals surface area contributed by atoms with Crippen LogP contribution >= 0.6 is 0 Å². The van der Waals surface area contributed by atoms with Gasteiger partial charge in [-0.05, 0) is 25.5 Å². The zero-order valence-corrected chi connectivity index (χ0v) is 12.2. The fraction of sp³-hybridized carbons (Fsp3) is 0.533. The summed E-state index contributed by atoms with van der Waals surface area (Å²) in [5.74, 6) is -0.332. The van der Waals surface area contributed by atoms with E-state index in [1.165, 1.54) is 0 Å². The van der Waals surface area contributed by atoms with E-state index in [0.717, 1.165) is 12.8 Å². The number of carbonyl (C=O) groups is 2. The smallest absolute Gasteiger partial charge is 0.307 e. The van der Waals surface area contributed by atoms with Crippen LogP contribution in [-0.2, 0) is 9.53 Å². The van der Waals surface area contributed by atoms with E-state index >= 15 is 0 Å². The number of aromatic nitrogens is 1. The van der Waals surface area contributed by atoms with Crippen molar-refractivity contribution >= 4 is 11.9 Å². The van der Waals surface area contributed by atoms with E-state index in [9.17, 15) is 9.59 Å². The van der Waals surface area contributed by atoms with Crippen LogP contribution in [0.15, 0.2) is 24.5 Å². The van der Waals surface area contributed by atoms with E-state index in [0.29, 0.717) is 25.3 Å². The summed E-state index contributed by atoms with van der Waals surface area (Å²) >= 11 is 0. The number of unbranched alkanes of at least 4 members (excludes halogenated alkanes) is 1. The van der Waals surface area contributed by atoms with Gasteiger partial charge in [0.15, 0.2) is 0 Å². The molecule has 0 spiro atoms. The summed E-state index contributed by atoms with van der Waals surface area (Å²) in [6, 6.07) is 3.37. The van der Waals surface area contributed by atoms with Crippen molar-refractivity contribution in [1.82, 2.24) is 9.88 Å². The van der Waals surface area contributed by atoms with Gasteiger partial charge in [0.05, 0.1) is 13.0 Å². The summed E-state index contributed by atoms with van der Waals surface area (Å²) in [5, 5.41) is 0. The lowest BCUT2D eigenvalue weighted by Gasteiger charge is -2.22. The van der Waals surface area contributed by atoms with Crippen molar-refractivity contribution < 1.29 is 14.3 Å². The number of ether oxygens (including phenoxy) is 1. The molecule has 5 heteroatoms. The van der Waals surface area contributed by atoms with E-state index in [2.05, 4.69) is 11.9 Å². The summed E-state index contributed by atoms with van der Waals surface area (Å²) in [5.41, 5.74) is 0.597. The molecule has 20 heavy (non-hydrogen) atoms. The van der Waals surface area contributed by atoms with E-state index in [4.69, 9.17) is 4.74 Å². The van der Waals surface area contributed by atoms with Crippen LogP contribution < -0.4 is 0 Å². The number of carbonyl (C=O) groups excluding carboxylic acids is 2. The van der Waals surface area contributed by atoms with E-state index in [1.54, 1.807) is 36.4 Å². The summed E-state index contributed by atoms with van der Waals surface area (Å²) in [6.45, 7) is 5.25. The quantitative estimate of drug-likeness (QED) is 0.684. The number of hydrogen-bond donors (Lipinski definition) is 0. The van der Waals surface area contributed by atoms with E-state index < -0.39 is 0 Å². The summed E-state index contributed by atoms with van der Waals surface area (Å²) in [7, 11) is 0. The average molecular weight is 278 g/mol. The van der Waals surface area contributed by atoms with Gasteiger partial charge in [-0.1, -0.05) is 13.3 Å². The highest BCUT2D eigenvalue weighted by molar-refractivity contribution is 5.94. The third-order valence-electron chi connectivity index (χ3n) is 2.89. The minimum Gasteiger partial charge on any atom is -0.466 e. The Labute approximate surface area is 119 Å². The Balaban J connectivity index is 2.63. The van der Waals surface area contributed by atoms with Gasteiger partial charge < -0.3 is 9.64 Å². The third kappa shape index (κ3) is 5.38. The lowest BCUT2D eigenvalue weighted by atomic mass is 10.2. The van der Waals surface area contributed by atoms with Crippen molar-refractivity contribution in [2.75, 3.05) is 19.7 Å². The Morgan fingerprint density at radius 3 is 2.50 bits per heavy atom. The normalized spacial score (nSPS) is 10.1. The molecule has 110 valence electrons. The molecule has 0 saturated heterocycles. The molecule has 1 heterocycles. The molecule has 0 N–H and O–H groups in total. The Kier molecular flexibility index (Phi) is 7.32. The van der Waals surface area contributed by atoms with Crippen molar-refractivity contribution in [3.63, 3.8) is 0 Å². The second-order valence-corrected chi connectivity index (χ2v) is 4.44. The molecule has 0 bridgehead atoms. The molecular formula is C15H22N2O3. The van der Waals surface area contributed by atoms with E-state index in [1.807, 2.05) is 0 Å². The first-order valence-electron chi connectivity index (χ1n) is 7.04. The third-order valence-corrected chi connectivity index (χ3v) is 2.89. The molecule has 0 radical (unpaired) electrons. The lowest BCUT2D eigenvalue weighted by molar-refractivity contribution is -0.143. The van der Waals surface area contributed by atoms with Crippen molar-refractivity contribution in [3.05, 3.63) is 30.1 Å². The molecule has 0 aliphatic rings. The zero-order chi connectivity index (χ0) is 14.8. The molecule has 1 aromatic rings. The van der Waals surface area contributed by atoms with Gasteiger partial charge in [0, 0.05) is 31.0 Å². The standard InChI is InChI=1S/C15H22N2O3/c1-3-5-11-17(12-8-14(18)20-4-2)15(19)13-6-9-16-10-7-13/h6-7,9-10H,3-5,8,11-12H2,1-2H3. The summed E-state index contributed by atoms with van der Waals surface area (Å²) in [4.78, 5) is 29.4. The number of amides is 1. The number of esters is 1. The van der Waals surface area contributed by atoms with Gasteiger partial charge in [-0.15, -0.1) is 0 Å². The number of rotatable bonds is 8. The SMILES string of the molecule is CCCCN(CCC(=O)OCC)C(=O)c1ccncc1. The van der Waals surface area contributed by atoms with Crippen molar-refractivity contribution in [2.45, 2.75) is 33.1 Å². The maximum absolute atomic E-state index is 12.4. The Morgan fingerprint density at radius 2 is 1.90 bits per heavy atom. The first-order chi connectivity index (χ1) is 9.69. The van der Waals surface area contributed by atoms with Gasteiger partial charge in [0.2, 0.25) is 0 Å². The molecule has 0 saturated carbocycles. The molecule has 1 amide bonds. The van der Waals surface area contributed by atoms with Crippen LogP contribution in [0.1, 0.15) is 43.5 Å². The van der Waals surface area contributed by atoms with Crippen LogP contribution in [0.4, 0.5) is 0 Å². The van der Waals surface area contributed by atoms with E-state index in [-0.39, 0.29) is 18.3 Å². The summed E-state index contributed by atoms with van der Waals surface area (Å²) in [6.07, 6.45) is 5.33. The van der Waals surface area contributed by atoms with Crippen LogP contribution in [0.2, 0.25) is 0 Å². The fourth-order valence-corrected chi connectivity index (χ4v) is 1.80. The largest absolute Gasteiger partial charge is 0.466 e. The molecule has 0 fully saturated rings. The highest BCUT2D eigenvalue weighted by Crippen LogP contribution is 2.06. The van der Waals surface area contributed by atoms with Crippen molar-refractivity contribution in [3.8, 4) is 0 Å². The predicted molar refractivity (Wildman–Crippen MR) is 76.3 cm³/mol. The van der Waals surface area contributed by atoms with Crippen LogP contribution in [0.25, 0.3) is 0 Å². The number of hydrogen-bond acceptors (Lipinski definition) is 4. The average Bonchev–Trinajstić information content (AvgIpc) is 2.48. The van der Waals surface area contributed by atoms with Gasteiger partial charge in [0.25, 0.3) is 5.91 Å². The number of pyridine rings is 1. The molecular weight excluding hydrogens is 256 g/mol. The highest BCUT2D eigenvalue weighted by atomic mass is 16.5. The lowest BCUT2D eigenvalue weighted by Crippen LogP contribution is -2.34. The molecule has 0 aliphatic carbocycles. The van der Waals surface area contributed by atoms with Crippen LogP contribution in [0.5, 0.6) is 0 Å². The fourth-order valence-electron chi connectivity index (χ4n) is 1.80. The van der Waals surface area contributed by atoms with Gasteiger partial charge in [-0.2, -0.15) is 0 Å².